The molecule has 4 N–H and O–H groups in total. The van der Waals surface area contributed by atoms with Gasteiger partial charge in [-0.15, -0.1) is 0 Å². The van der Waals surface area contributed by atoms with E-state index in [9.17, 15) is 9.59 Å². The lowest BCUT2D eigenvalue weighted by atomic mass is 9.79. The lowest BCUT2D eigenvalue weighted by Gasteiger charge is -2.31. The van der Waals surface area contributed by atoms with Crippen molar-refractivity contribution < 1.29 is 9.59 Å². The molecule has 0 spiro atoms. The Kier molecular flexibility index (Phi) is 5.06. The largest absolute Gasteiger partial charge is 0.384 e. The Morgan fingerprint density at radius 2 is 1.32 bits per heavy atom. The number of aromatic nitrogens is 2. The first-order valence-electron chi connectivity index (χ1n) is 9.02. The van der Waals surface area contributed by atoms with E-state index >= 15 is 0 Å². The van der Waals surface area contributed by atoms with Crippen molar-refractivity contribution >= 4 is 40.9 Å². The molecular formula is C20H24ClN5O2. The summed E-state index contributed by atoms with van der Waals surface area (Å²) in [6.07, 6.45) is 0.981. The average Bonchev–Trinajstić information content (AvgIpc) is 2.52. The Bertz CT molecular complexity index is 878. The van der Waals surface area contributed by atoms with E-state index in [-0.39, 0.29) is 22.6 Å². The molecule has 2 aromatic rings. The summed E-state index contributed by atoms with van der Waals surface area (Å²) in [4.78, 5) is 30.9. The van der Waals surface area contributed by atoms with Gasteiger partial charge in [0.05, 0.1) is 0 Å². The number of carbonyl (C=O) groups excluding carboxylic acids is 2. The number of fused-ring (bicyclic) bond motifs is 2. The second-order valence-electron chi connectivity index (χ2n) is 8.38. The molecule has 2 amide bonds. The van der Waals surface area contributed by atoms with Crippen molar-refractivity contribution in [3.05, 3.63) is 40.5 Å². The van der Waals surface area contributed by atoms with Crippen LogP contribution in [0.2, 0.25) is 5.15 Å². The zero-order valence-electron chi connectivity index (χ0n) is 16.4. The Morgan fingerprint density at radius 3 is 1.86 bits per heavy atom. The number of nitrogens with zero attached hydrogens (tertiary/aromatic N) is 2. The van der Waals surface area contributed by atoms with Crippen molar-refractivity contribution in [1.29, 1.82) is 0 Å². The minimum atomic E-state index is -0.157. The van der Waals surface area contributed by atoms with Crippen LogP contribution in [0.15, 0.2) is 24.3 Å². The molecule has 28 heavy (non-hydrogen) atoms. The predicted octanol–water partition coefficient (Wildman–Crippen LogP) is 3.64. The highest BCUT2D eigenvalue weighted by Gasteiger charge is 2.33. The zero-order chi connectivity index (χ0) is 20.7. The molecule has 4 heterocycles. The predicted molar refractivity (Wildman–Crippen MR) is 110 cm³/mol. The summed E-state index contributed by atoms with van der Waals surface area (Å²) in [5.74, 6) is 1.63. The van der Waals surface area contributed by atoms with Gasteiger partial charge in [0.15, 0.2) is 0 Å². The second-order valence-corrected chi connectivity index (χ2v) is 8.77. The van der Waals surface area contributed by atoms with Gasteiger partial charge in [-0.25, -0.2) is 9.97 Å². The fraction of sp³-hybridized carbons (Fsp3) is 0.400. The number of pyridine rings is 2. The smallest absolute Gasteiger partial charge is 0.226 e. The maximum absolute atomic E-state index is 11.4. The molecule has 0 aromatic carbocycles. The molecule has 7 nitrogen and oxygen atoms in total. The summed E-state index contributed by atoms with van der Waals surface area (Å²) >= 11 is 5.76. The number of carbonyl (C=O) groups is 2. The first-order valence-corrected chi connectivity index (χ1v) is 9.39. The van der Waals surface area contributed by atoms with Gasteiger partial charge in [-0.1, -0.05) is 51.4 Å². The minimum absolute atomic E-state index is 0.000556. The van der Waals surface area contributed by atoms with Crippen LogP contribution in [0.25, 0.3) is 0 Å². The van der Waals surface area contributed by atoms with E-state index in [0.717, 1.165) is 11.1 Å². The van der Waals surface area contributed by atoms with Crippen molar-refractivity contribution in [3.8, 4) is 0 Å². The van der Waals surface area contributed by atoms with Crippen LogP contribution in [0.4, 0.5) is 17.5 Å². The molecule has 0 atom stereocenters. The van der Waals surface area contributed by atoms with E-state index < -0.39 is 0 Å². The van der Waals surface area contributed by atoms with E-state index in [1.54, 1.807) is 12.1 Å². The second kappa shape index (κ2) is 7.05. The molecule has 2 aromatic heterocycles. The van der Waals surface area contributed by atoms with Gasteiger partial charge in [-0.3, -0.25) is 9.59 Å². The van der Waals surface area contributed by atoms with Crippen molar-refractivity contribution in [2.24, 2.45) is 0 Å². The van der Waals surface area contributed by atoms with E-state index in [1.807, 2.05) is 39.8 Å². The van der Waals surface area contributed by atoms with Crippen molar-refractivity contribution in [3.63, 3.8) is 0 Å². The Morgan fingerprint density at radius 1 is 0.857 bits per heavy atom. The highest BCUT2D eigenvalue weighted by atomic mass is 35.5. The molecular weight excluding hydrogens is 378 g/mol. The minimum Gasteiger partial charge on any atom is -0.384 e. The standard InChI is InChI=1S/C10H11ClN2O.C10H13N3O/c2*1-10(2)5-8(14)13-9-6(10)3-4-7(11)12-9/h3-4H,5H2,1-2H3,(H,12,13,14);3-4H,5H2,1-2H3,(H3,11,12,13,14). The molecule has 0 fully saturated rings. The first-order chi connectivity index (χ1) is 13.0. The maximum Gasteiger partial charge on any atom is 0.226 e. The maximum atomic E-state index is 11.4. The van der Waals surface area contributed by atoms with Crippen LogP contribution in [0.3, 0.4) is 0 Å². The lowest BCUT2D eigenvalue weighted by Crippen LogP contribution is -2.33. The number of hydrogen-bond acceptors (Lipinski definition) is 5. The van der Waals surface area contributed by atoms with E-state index in [0.29, 0.717) is 35.4 Å². The van der Waals surface area contributed by atoms with Crippen molar-refractivity contribution in [2.45, 2.75) is 51.4 Å². The number of halogens is 1. The third-order valence-corrected chi connectivity index (χ3v) is 5.17. The highest BCUT2D eigenvalue weighted by Crippen LogP contribution is 2.37. The fourth-order valence-electron chi connectivity index (χ4n) is 3.54. The van der Waals surface area contributed by atoms with Crippen LogP contribution in [-0.2, 0) is 20.4 Å². The Labute approximate surface area is 169 Å². The topological polar surface area (TPSA) is 110 Å². The normalized spacial score (nSPS) is 18.6. The summed E-state index contributed by atoms with van der Waals surface area (Å²) in [7, 11) is 0. The molecule has 8 heteroatoms. The van der Waals surface area contributed by atoms with Gasteiger partial charge in [-0.2, -0.15) is 0 Å². The number of amides is 2. The quantitative estimate of drug-likeness (QED) is 0.584. The lowest BCUT2D eigenvalue weighted by molar-refractivity contribution is -0.118. The van der Waals surface area contributed by atoms with Gasteiger partial charge in [0.25, 0.3) is 0 Å². The number of nitrogen functional groups attached to an aromatic ring is 1. The molecule has 0 saturated carbocycles. The number of nitrogens with one attached hydrogen (secondary N) is 2. The van der Waals surface area contributed by atoms with Gasteiger partial charge in [0, 0.05) is 34.8 Å². The van der Waals surface area contributed by atoms with Gasteiger partial charge >= 0.3 is 0 Å². The van der Waals surface area contributed by atoms with E-state index in [2.05, 4.69) is 20.6 Å². The SMILES string of the molecule is CC1(C)CC(=O)Nc2nc(Cl)ccc21.CC1(C)CC(=O)Nc2nc(N)ccc21. The molecule has 0 radical (unpaired) electrons. The molecule has 148 valence electrons. The van der Waals surface area contributed by atoms with Crippen LogP contribution >= 0.6 is 11.6 Å². The van der Waals surface area contributed by atoms with Gasteiger partial charge < -0.3 is 16.4 Å². The van der Waals surface area contributed by atoms with Gasteiger partial charge in [0.2, 0.25) is 11.8 Å². The third kappa shape index (κ3) is 4.09. The summed E-state index contributed by atoms with van der Waals surface area (Å²) in [6, 6.07) is 7.36. The number of anilines is 3. The van der Waals surface area contributed by atoms with Crippen LogP contribution in [0, 0.1) is 0 Å². The Hall–Kier alpha value is -2.67. The monoisotopic (exact) mass is 401 g/mol. The zero-order valence-corrected chi connectivity index (χ0v) is 17.1. The molecule has 0 unspecified atom stereocenters. The van der Waals surface area contributed by atoms with Gasteiger partial charge in [-0.05, 0) is 12.1 Å². The summed E-state index contributed by atoms with van der Waals surface area (Å²) in [6.45, 7) is 8.12. The number of hydrogen-bond donors (Lipinski definition) is 3. The summed E-state index contributed by atoms with van der Waals surface area (Å²) in [5, 5.41) is 5.85. The van der Waals surface area contributed by atoms with E-state index in [1.165, 1.54) is 0 Å². The van der Waals surface area contributed by atoms with Crippen LogP contribution in [0.5, 0.6) is 0 Å². The summed E-state index contributed by atoms with van der Waals surface area (Å²) in [5.41, 5.74) is 7.33. The fourth-order valence-corrected chi connectivity index (χ4v) is 3.69. The van der Waals surface area contributed by atoms with Crippen LogP contribution in [0.1, 0.15) is 51.7 Å². The first kappa shape index (κ1) is 20.1. The number of nitrogens with two attached hydrogens (primary N) is 1. The molecule has 2 aliphatic heterocycles. The van der Waals surface area contributed by atoms with Crippen molar-refractivity contribution in [2.75, 3.05) is 16.4 Å². The Balaban J connectivity index is 0.000000161. The van der Waals surface area contributed by atoms with Crippen LogP contribution < -0.4 is 16.4 Å². The molecule has 2 aliphatic rings. The summed E-state index contributed by atoms with van der Waals surface area (Å²) < 4.78 is 0. The molecule has 4 rings (SSSR count). The van der Waals surface area contributed by atoms with Crippen LogP contribution in [-0.4, -0.2) is 21.8 Å². The van der Waals surface area contributed by atoms with Gasteiger partial charge in [0.1, 0.15) is 22.6 Å². The highest BCUT2D eigenvalue weighted by molar-refractivity contribution is 6.29. The number of rotatable bonds is 0. The van der Waals surface area contributed by atoms with E-state index in [4.69, 9.17) is 17.3 Å². The van der Waals surface area contributed by atoms with Crippen molar-refractivity contribution in [1.82, 2.24) is 9.97 Å². The average molecular weight is 402 g/mol. The molecule has 0 saturated heterocycles. The molecule has 0 aliphatic carbocycles. The third-order valence-electron chi connectivity index (χ3n) is 4.96. The molecule has 0 bridgehead atoms.